The maximum Gasteiger partial charge on any atom is 0.222 e. The van der Waals surface area contributed by atoms with Gasteiger partial charge in [-0.05, 0) is 37.1 Å². The summed E-state index contributed by atoms with van der Waals surface area (Å²) in [5.41, 5.74) is 1.10. The van der Waals surface area contributed by atoms with Crippen molar-refractivity contribution in [1.29, 1.82) is 0 Å². The smallest absolute Gasteiger partial charge is 0.222 e. The number of morpholine rings is 1. The summed E-state index contributed by atoms with van der Waals surface area (Å²) < 4.78 is 16.6. The number of ether oxygens (including phenoxy) is 3. The van der Waals surface area contributed by atoms with E-state index in [0.717, 1.165) is 57.7 Å². The number of hydrogen-bond acceptors (Lipinski definition) is 7. The van der Waals surface area contributed by atoms with Crippen LogP contribution >= 0.6 is 0 Å². The van der Waals surface area contributed by atoms with E-state index in [1.807, 2.05) is 23.1 Å². The molecule has 2 aliphatic rings. The molecule has 2 saturated heterocycles. The quantitative estimate of drug-likeness (QED) is 0.485. The summed E-state index contributed by atoms with van der Waals surface area (Å²) >= 11 is 0. The molecule has 1 aromatic rings. The largest absolute Gasteiger partial charge is 0.493 e. The van der Waals surface area contributed by atoms with Gasteiger partial charge in [-0.2, -0.15) is 0 Å². The van der Waals surface area contributed by atoms with Crippen LogP contribution in [0, 0.1) is 0 Å². The lowest BCUT2D eigenvalue weighted by atomic mass is 10.2. The summed E-state index contributed by atoms with van der Waals surface area (Å²) in [4.78, 5) is 15.7. The van der Waals surface area contributed by atoms with Crippen LogP contribution in [0.1, 0.15) is 24.8 Å². The number of carbonyl (C=O) groups excluding carboxylic acids is 1. The van der Waals surface area contributed by atoms with Gasteiger partial charge in [0.1, 0.15) is 12.7 Å². The van der Waals surface area contributed by atoms with Gasteiger partial charge in [-0.1, -0.05) is 6.07 Å². The molecule has 0 spiro atoms. The van der Waals surface area contributed by atoms with Crippen molar-refractivity contribution in [3.05, 3.63) is 23.8 Å². The van der Waals surface area contributed by atoms with Gasteiger partial charge in [0.15, 0.2) is 11.5 Å². The Morgan fingerprint density at radius 2 is 2.07 bits per heavy atom. The molecule has 3 rings (SSSR count). The van der Waals surface area contributed by atoms with Crippen molar-refractivity contribution < 1.29 is 24.1 Å². The molecule has 2 N–H and O–H groups in total. The Balaban J connectivity index is 1.37. The average molecular weight is 422 g/mol. The fraction of sp³-hybridized carbons (Fsp3) is 0.682. The molecular weight excluding hydrogens is 386 g/mol. The van der Waals surface area contributed by atoms with Gasteiger partial charge in [0.25, 0.3) is 0 Å². The molecule has 0 radical (unpaired) electrons. The molecule has 8 heteroatoms. The standard InChI is InChI=1S/C22H35N3O5/c1-28-21-14-18(15-23-7-3-9-25-8-2-4-22(25)27)5-6-20(21)30-17-19(26)16-24-10-12-29-13-11-24/h5-6,14,19,23,26H,2-4,7-13,15-17H2,1H3. The highest BCUT2D eigenvalue weighted by Crippen LogP contribution is 2.28. The van der Waals surface area contributed by atoms with Crippen LogP contribution in [0.15, 0.2) is 18.2 Å². The Hall–Kier alpha value is -1.87. The number of amides is 1. The molecular formula is C22H35N3O5. The molecule has 1 aromatic carbocycles. The molecule has 30 heavy (non-hydrogen) atoms. The number of methoxy groups -OCH3 is 1. The zero-order valence-electron chi connectivity index (χ0n) is 18.0. The van der Waals surface area contributed by atoms with Crippen LogP contribution < -0.4 is 14.8 Å². The van der Waals surface area contributed by atoms with E-state index in [1.165, 1.54) is 0 Å². The van der Waals surface area contributed by atoms with Gasteiger partial charge < -0.3 is 29.5 Å². The van der Waals surface area contributed by atoms with Crippen molar-refractivity contribution in [3.63, 3.8) is 0 Å². The zero-order chi connectivity index (χ0) is 21.2. The Kier molecular flexibility index (Phi) is 9.20. The van der Waals surface area contributed by atoms with Crippen LogP contribution in [0.5, 0.6) is 11.5 Å². The third-order valence-electron chi connectivity index (χ3n) is 5.51. The molecule has 2 fully saturated rings. The van der Waals surface area contributed by atoms with Crippen molar-refractivity contribution in [2.24, 2.45) is 0 Å². The molecule has 8 nitrogen and oxygen atoms in total. The minimum absolute atomic E-state index is 0.223. The lowest BCUT2D eigenvalue weighted by Gasteiger charge is -2.28. The molecule has 0 bridgehead atoms. The van der Waals surface area contributed by atoms with E-state index in [9.17, 15) is 9.90 Å². The number of hydrogen-bond donors (Lipinski definition) is 2. The molecule has 0 aliphatic carbocycles. The number of aliphatic hydroxyl groups is 1. The number of nitrogens with zero attached hydrogens (tertiary/aromatic N) is 2. The molecule has 1 amide bonds. The minimum atomic E-state index is -0.559. The average Bonchev–Trinajstić information content (AvgIpc) is 3.17. The van der Waals surface area contributed by atoms with Crippen molar-refractivity contribution in [3.8, 4) is 11.5 Å². The van der Waals surface area contributed by atoms with Gasteiger partial charge >= 0.3 is 0 Å². The molecule has 2 heterocycles. The van der Waals surface area contributed by atoms with Crippen molar-refractivity contribution in [2.75, 3.05) is 66.2 Å². The lowest BCUT2D eigenvalue weighted by molar-refractivity contribution is -0.127. The van der Waals surface area contributed by atoms with Crippen LogP contribution in [0.3, 0.4) is 0 Å². The topological polar surface area (TPSA) is 83.5 Å². The van der Waals surface area contributed by atoms with Crippen LogP contribution in [-0.2, 0) is 16.1 Å². The first-order valence-corrected chi connectivity index (χ1v) is 10.9. The van der Waals surface area contributed by atoms with Crippen LogP contribution in [0.2, 0.25) is 0 Å². The number of rotatable bonds is 12. The maximum atomic E-state index is 11.6. The second-order valence-corrected chi connectivity index (χ2v) is 7.88. The highest BCUT2D eigenvalue weighted by molar-refractivity contribution is 5.77. The first kappa shape index (κ1) is 22.8. The number of benzene rings is 1. The first-order valence-electron chi connectivity index (χ1n) is 10.9. The summed E-state index contributed by atoms with van der Waals surface area (Å²) in [6.07, 6.45) is 2.08. The number of carbonyl (C=O) groups is 1. The van der Waals surface area contributed by atoms with E-state index >= 15 is 0 Å². The van der Waals surface area contributed by atoms with Crippen molar-refractivity contribution in [2.45, 2.75) is 31.9 Å². The first-order chi connectivity index (χ1) is 14.7. The number of nitrogens with one attached hydrogen (secondary N) is 1. The molecule has 2 aliphatic heterocycles. The number of β-amino-alcohol motifs (C(OH)–C–C–N with tert-alkyl or cyclic N) is 1. The van der Waals surface area contributed by atoms with Gasteiger partial charge in [0.2, 0.25) is 5.91 Å². The Morgan fingerprint density at radius 1 is 1.23 bits per heavy atom. The van der Waals surface area contributed by atoms with Crippen molar-refractivity contribution >= 4 is 5.91 Å². The van der Waals surface area contributed by atoms with Crippen LogP contribution in [0.25, 0.3) is 0 Å². The van der Waals surface area contributed by atoms with E-state index in [2.05, 4.69) is 10.2 Å². The predicted octanol–water partition coefficient (Wildman–Crippen LogP) is 0.869. The van der Waals surface area contributed by atoms with E-state index in [4.69, 9.17) is 14.2 Å². The van der Waals surface area contributed by atoms with E-state index in [-0.39, 0.29) is 12.5 Å². The SMILES string of the molecule is COc1cc(CNCCCN2CCCC2=O)ccc1OCC(O)CN1CCOCC1. The van der Waals surface area contributed by atoms with Gasteiger partial charge in [-0.3, -0.25) is 9.69 Å². The molecule has 0 saturated carbocycles. The molecule has 168 valence electrons. The summed E-state index contributed by atoms with van der Waals surface area (Å²) in [6, 6.07) is 5.85. The third-order valence-corrected chi connectivity index (χ3v) is 5.51. The number of likely N-dealkylation sites (tertiary alicyclic amines) is 1. The fourth-order valence-electron chi connectivity index (χ4n) is 3.83. The van der Waals surface area contributed by atoms with Gasteiger partial charge in [0.05, 0.1) is 20.3 Å². The highest BCUT2D eigenvalue weighted by Gasteiger charge is 2.19. The second kappa shape index (κ2) is 12.1. The Morgan fingerprint density at radius 3 is 2.80 bits per heavy atom. The zero-order valence-corrected chi connectivity index (χ0v) is 18.0. The second-order valence-electron chi connectivity index (χ2n) is 7.88. The Labute approximate surface area is 179 Å². The summed E-state index contributed by atoms with van der Waals surface area (Å²) in [6.45, 7) is 7.24. The normalized spacial score (nSPS) is 18.6. The van der Waals surface area contributed by atoms with Gasteiger partial charge in [0, 0.05) is 45.7 Å². The fourth-order valence-corrected chi connectivity index (χ4v) is 3.83. The van der Waals surface area contributed by atoms with E-state index in [1.54, 1.807) is 7.11 Å². The predicted molar refractivity (Wildman–Crippen MR) is 114 cm³/mol. The monoisotopic (exact) mass is 421 g/mol. The molecule has 1 unspecified atom stereocenters. The highest BCUT2D eigenvalue weighted by atomic mass is 16.5. The Bertz CT molecular complexity index is 666. The van der Waals surface area contributed by atoms with E-state index < -0.39 is 6.10 Å². The van der Waals surface area contributed by atoms with Gasteiger partial charge in [-0.15, -0.1) is 0 Å². The van der Waals surface area contributed by atoms with E-state index in [0.29, 0.717) is 37.7 Å². The third kappa shape index (κ3) is 7.12. The minimum Gasteiger partial charge on any atom is -0.493 e. The lowest BCUT2D eigenvalue weighted by Crippen LogP contribution is -2.42. The number of aliphatic hydroxyl groups excluding tert-OH is 1. The van der Waals surface area contributed by atoms with Crippen LogP contribution in [-0.4, -0.2) is 93.1 Å². The van der Waals surface area contributed by atoms with Crippen LogP contribution in [0.4, 0.5) is 0 Å². The molecule has 0 aromatic heterocycles. The maximum absolute atomic E-state index is 11.6. The van der Waals surface area contributed by atoms with Crippen molar-refractivity contribution in [1.82, 2.24) is 15.1 Å². The summed E-state index contributed by atoms with van der Waals surface area (Å²) in [5.74, 6) is 1.58. The van der Waals surface area contributed by atoms with Gasteiger partial charge in [-0.25, -0.2) is 0 Å². The summed E-state index contributed by atoms with van der Waals surface area (Å²) in [7, 11) is 1.62. The molecule has 1 atom stereocenters. The summed E-state index contributed by atoms with van der Waals surface area (Å²) in [5, 5.41) is 13.7.